The predicted molar refractivity (Wildman–Crippen MR) is 102 cm³/mol. The van der Waals surface area contributed by atoms with Crippen LogP contribution in [0, 0.1) is 29.4 Å². The number of terminal acetylenes is 1. The summed E-state index contributed by atoms with van der Waals surface area (Å²) in [6, 6.07) is 7.95. The summed E-state index contributed by atoms with van der Waals surface area (Å²) in [5, 5.41) is 11.1. The largest absolute Gasteiger partial charge is 0.454 e. The van der Waals surface area contributed by atoms with Gasteiger partial charge in [-0.25, -0.2) is 0 Å². The Hall–Kier alpha value is -3.64. The second-order valence-corrected chi connectivity index (χ2v) is 6.98. The quantitative estimate of drug-likeness (QED) is 0.386. The number of ether oxygens (including phenoxy) is 2. The molecule has 1 aliphatic heterocycles. The van der Waals surface area contributed by atoms with E-state index in [1.807, 2.05) is 6.07 Å². The van der Waals surface area contributed by atoms with Crippen molar-refractivity contribution in [3.05, 3.63) is 56.4 Å². The SMILES string of the molecule is C#CCn1c(=NC(=O)c2cccc([N+](=O)[O-])c2C)sc2cc3c(cc21)OCO3. The number of nitro groups is 1. The highest BCUT2D eigenvalue weighted by atomic mass is 32.1. The van der Waals surface area contributed by atoms with E-state index in [1.165, 1.54) is 36.5 Å². The summed E-state index contributed by atoms with van der Waals surface area (Å²) >= 11 is 1.28. The highest BCUT2D eigenvalue weighted by molar-refractivity contribution is 7.16. The van der Waals surface area contributed by atoms with Gasteiger partial charge in [0.1, 0.15) is 0 Å². The Labute approximate surface area is 162 Å². The van der Waals surface area contributed by atoms with Crippen LogP contribution in [-0.4, -0.2) is 22.2 Å². The van der Waals surface area contributed by atoms with E-state index in [2.05, 4.69) is 10.9 Å². The number of amides is 1. The van der Waals surface area contributed by atoms with Crippen molar-refractivity contribution in [2.24, 2.45) is 4.99 Å². The maximum Gasteiger partial charge on any atom is 0.280 e. The van der Waals surface area contributed by atoms with E-state index < -0.39 is 10.8 Å². The van der Waals surface area contributed by atoms with Gasteiger partial charge in [0.05, 0.1) is 27.2 Å². The van der Waals surface area contributed by atoms with Crippen LogP contribution in [0.1, 0.15) is 15.9 Å². The minimum Gasteiger partial charge on any atom is -0.454 e. The summed E-state index contributed by atoms with van der Waals surface area (Å²) in [7, 11) is 0. The van der Waals surface area contributed by atoms with Crippen LogP contribution in [0.5, 0.6) is 11.5 Å². The fraction of sp³-hybridized carbons (Fsp3) is 0.158. The van der Waals surface area contributed by atoms with Crippen LogP contribution in [0.25, 0.3) is 10.2 Å². The fourth-order valence-electron chi connectivity index (χ4n) is 2.99. The number of aromatic nitrogens is 1. The number of carbonyl (C=O) groups excluding carboxylic acids is 1. The van der Waals surface area contributed by atoms with Crippen molar-refractivity contribution in [1.29, 1.82) is 0 Å². The molecule has 1 aromatic heterocycles. The zero-order valence-electron chi connectivity index (χ0n) is 14.7. The van der Waals surface area contributed by atoms with Crippen molar-refractivity contribution in [2.45, 2.75) is 13.5 Å². The molecule has 0 spiro atoms. The summed E-state index contributed by atoms with van der Waals surface area (Å²) in [6.07, 6.45) is 5.49. The van der Waals surface area contributed by atoms with E-state index in [0.29, 0.717) is 16.3 Å². The van der Waals surface area contributed by atoms with Crippen LogP contribution in [0.2, 0.25) is 0 Å². The Morgan fingerprint density at radius 1 is 1.39 bits per heavy atom. The van der Waals surface area contributed by atoms with Gasteiger partial charge in [-0.2, -0.15) is 4.99 Å². The maximum absolute atomic E-state index is 12.7. The number of benzene rings is 2. The molecule has 0 N–H and O–H groups in total. The van der Waals surface area contributed by atoms with Crippen LogP contribution in [0.15, 0.2) is 35.3 Å². The maximum atomic E-state index is 12.7. The Bertz CT molecular complexity index is 1250. The normalized spacial score (nSPS) is 12.9. The lowest BCUT2D eigenvalue weighted by Gasteiger charge is -2.03. The van der Waals surface area contributed by atoms with E-state index in [-0.39, 0.29) is 30.2 Å². The first-order chi connectivity index (χ1) is 13.5. The Kier molecular flexibility index (Phi) is 4.33. The van der Waals surface area contributed by atoms with Gasteiger partial charge in [-0.05, 0) is 13.0 Å². The molecule has 28 heavy (non-hydrogen) atoms. The average Bonchev–Trinajstić information content (AvgIpc) is 3.24. The molecular weight excluding hydrogens is 382 g/mol. The van der Waals surface area contributed by atoms with Crippen molar-refractivity contribution in [2.75, 3.05) is 6.79 Å². The molecule has 0 fully saturated rings. The molecule has 2 heterocycles. The molecule has 0 bridgehead atoms. The Morgan fingerprint density at radius 3 is 2.86 bits per heavy atom. The average molecular weight is 395 g/mol. The van der Waals surface area contributed by atoms with Gasteiger partial charge >= 0.3 is 0 Å². The summed E-state index contributed by atoms with van der Waals surface area (Å²) < 4.78 is 13.4. The van der Waals surface area contributed by atoms with E-state index in [0.717, 1.165) is 10.2 Å². The van der Waals surface area contributed by atoms with Crippen LogP contribution >= 0.6 is 11.3 Å². The summed E-state index contributed by atoms with van der Waals surface area (Å²) in [6.45, 7) is 1.89. The number of carbonyl (C=O) groups is 1. The molecule has 140 valence electrons. The van der Waals surface area contributed by atoms with Crippen molar-refractivity contribution in [3.63, 3.8) is 0 Å². The molecule has 0 radical (unpaired) electrons. The minimum absolute atomic E-state index is 0.125. The monoisotopic (exact) mass is 395 g/mol. The second-order valence-electron chi connectivity index (χ2n) is 5.97. The van der Waals surface area contributed by atoms with Gasteiger partial charge in [0.2, 0.25) is 6.79 Å². The molecule has 8 nitrogen and oxygen atoms in total. The van der Waals surface area contributed by atoms with Crippen LogP contribution in [-0.2, 0) is 6.54 Å². The van der Waals surface area contributed by atoms with Gasteiger partial charge in [-0.1, -0.05) is 23.3 Å². The third kappa shape index (κ3) is 2.90. The predicted octanol–water partition coefficient (Wildman–Crippen LogP) is 3.02. The Morgan fingerprint density at radius 2 is 2.14 bits per heavy atom. The lowest BCUT2D eigenvalue weighted by Crippen LogP contribution is -2.17. The molecule has 1 amide bonds. The van der Waals surface area contributed by atoms with Crippen molar-refractivity contribution in [3.8, 4) is 23.8 Å². The fourth-order valence-corrected chi connectivity index (χ4v) is 4.03. The molecule has 4 rings (SSSR count). The minimum atomic E-state index is -0.571. The highest BCUT2D eigenvalue weighted by Crippen LogP contribution is 2.37. The number of rotatable bonds is 3. The van der Waals surface area contributed by atoms with Crippen molar-refractivity contribution >= 4 is 33.1 Å². The number of nitrogens with zero attached hydrogens (tertiary/aromatic N) is 3. The van der Waals surface area contributed by atoms with Gasteiger partial charge in [0.25, 0.3) is 11.6 Å². The molecule has 2 aromatic carbocycles. The van der Waals surface area contributed by atoms with Crippen molar-refractivity contribution < 1.29 is 19.2 Å². The first kappa shape index (κ1) is 17.8. The molecule has 9 heteroatoms. The highest BCUT2D eigenvalue weighted by Gasteiger charge is 2.20. The van der Waals surface area contributed by atoms with Crippen LogP contribution in [0.4, 0.5) is 5.69 Å². The zero-order valence-corrected chi connectivity index (χ0v) is 15.5. The van der Waals surface area contributed by atoms with Gasteiger partial charge in [0.15, 0.2) is 16.3 Å². The molecule has 1 aliphatic rings. The van der Waals surface area contributed by atoms with Gasteiger partial charge in [0, 0.05) is 23.8 Å². The topological polar surface area (TPSA) is 96.0 Å². The second kappa shape index (κ2) is 6.83. The van der Waals surface area contributed by atoms with E-state index in [9.17, 15) is 14.9 Å². The zero-order chi connectivity index (χ0) is 19.8. The summed E-state index contributed by atoms with van der Waals surface area (Å²) in [5.41, 5.74) is 1.09. The molecule has 0 unspecified atom stereocenters. The van der Waals surface area contributed by atoms with E-state index in [4.69, 9.17) is 15.9 Å². The third-order valence-electron chi connectivity index (χ3n) is 4.36. The smallest absolute Gasteiger partial charge is 0.280 e. The number of hydrogen-bond donors (Lipinski definition) is 0. The summed E-state index contributed by atoms with van der Waals surface area (Å²) in [4.78, 5) is 27.9. The number of hydrogen-bond acceptors (Lipinski definition) is 6. The lowest BCUT2D eigenvalue weighted by atomic mass is 10.1. The van der Waals surface area contributed by atoms with Gasteiger partial charge in [-0.15, -0.1) is 6.42 Å². The van der Waals surface area contributed by atoms with Gasteiger partial charge in [-0.3, -0.25) is 14.9 Å². The first-order valence-electron chi connectivity index (χ1n) is 8.19. The van der Waals surface area contributed by atoms with Crippen LogP contribution in [0.3, 0.4) is 0 Å². The molecule has 0 aliphatic carbocycles. The van der Waals surface area contributed by atoms with E-state index in [1.54, 1.807) is 10.6 Å². The molecule has 0 saturated carbocycles. The Balaban J connectivity index is 1.87. The lowest BCUT2D eigenvalue weighted by molar-refractivity contribution is -0.385. The van der Waals surface area contributed by atoms with Crippen LogP contribution < -0.4 is 14.3 Å². The van der Waals surface area contributed by atoms with Gasteiger partial charge < -0.3 is 14.0 Å². The molecule has 3 aromatic rings. The number of fused-ring (bicyclic) bond motifs is 2. The first-order valence-corrected chi connectivity index (χ1v) is 9.00. The number of thiazole rings is 1. The third-order valence-corrected chi connectivity index (χ3v) is 5.40. The number of nitro benzene ring substituents is 1. The van der Waals surface area contributed by atoms with E-state index >= 15 is 0 Å². The summed E-state index contributed by atoms with van der Waals surface area (Å²) in [5.74, 6) is 3.20. The standard InChI is InChI=1S/C19H13N3O5S/c1-3-7-21-14-8-15-16(27-10-26-15)9-17(14)28-19(21)20-18(23)12-5-4-6-13(11(12)2)22(24)25/h1,4-6,8-9H,7,10H2,2H3. The molecule has 0 atom stereocenters. The molecular formula is C19H13N3O5S. The van der Waals surface area contributed by atoms with Crippen molar-refractivity contribution in [1.82, 2.24) is 4.57 Å². The molecule has 0 saturated heterocycles.